The van der Waals surface area contributed by atoms with Gasteiger partial charge in [-0.1, -0.05) is 50.2 Å². The Hall–Kier alpha value is -2.41. The quantitative estimate of drug-likeness (QED) is 0.554. The molecule has 1 atom stereocenters. The highest BCUT2D eigenvalue weighted by Crippen LogP contribution is 2.27. The van der Waals surface area contributed by atoms with E-state index in [1.165, 1.54) is 19.1 Å². The van der Waals surface area contributed by atoms with Crippen molar-refractivity contribution in [2.24, 2.45) is 7.05 Å². The summed E-state index contributed by atoms with van der Waals surface area (Å²) in [5, 5.41) is 0. The van der Waals surface area contributed by atoms with Crippen LogP contribution in [-0.2, 0) is 7.05 Å². The van der Waals surface area contributed by atoms with Gasteiger partial charge >= 0.3 is 0 Å². The first-order chi connectivity index (χ1) is 14.2. The standard InChI is InChI=1S/C23H26N/c1-16(2)22-14-19(11-10-18(22)4)20-12-13-23(24(5)15-20)21-9-7-6-8-17(21)3/h6-16H,1-5H3/q+1/i1D3,4D3,16D. The van der Waals surface area contributed by atoms with Gasteiger partial charge in [0.25, 0.3) is 0 Å². The summed E-state index contributed by atoms with van der Waals surface area (Å²) in [5.74, 6) is -2.06. The Kier molecular flexibility index (Phi) is 2.69. The van der Waals surface area contributed by atoms with E-state index in [1.54, 1.807) is 6.07 Å². The van der Waals surface area contributed by atoms with Gasteiger partial charge < -0.3 is 0 Å². The SMILES string of the molecule is [2H]C([2H])([2H])c1ccc(-c2ccc(-c3ccccc3C)[n+](C)c2)cc1C([2H])(C)C([2H])([2H])[2H]. The molecule has 1 nitrogen and oxygen atoms in total. The molecule has 0 amide bonds. The molecule has 0 saturated heterocycles. The molecule has 0 aliphatic heterocycles. The minimum atomic E-state index is -2.68. The number of hydrogen-bond acceptors (Lipinski definition) is 0. The van der Waals surface area contributed by atoms with Crippen LogP contribution >= 0.6 is 0 Å². The van der Waals surface area contributed by atoms with E-state index in [0.29, 0.717) is 5.56 Å². The maximum absolute atomic E-state index is 8.49. The Morgan fingerprint density at radius 3 is 2.50 bits per heavy atom. The Labute approximate surface area is 155 Å². The number of pyridine rings is 1. The topological polar surface area (TPSA) is 3.88 Å². The summed E-state index contributed by atoms with van der Waals surface area (Å²) in [4.78, 5) is 0. The van der Waals surface area contributed by atoms with Crippen LogP contribution in [0.4, 0.5) is 0 Å². The number of nitrogens with zero attached hydrogens (tertiary/aromatic N) is 1. The first-order valence-corrected chi connectivity index (χ1v) is 7.94. The molecule has 1 heteroatoms. The lowest BCUT2D eigenvalue weighted by Gasteiger charge is -2.12. The van der Waals surface area contributed by atoms with Crippen LogP contribution in [0.2, 0.25) is 0 Å². The Morgan fingerprint density at radius 2 is 1.79 bits per heavy atom. The average Bonchev–Trinajstić information content (AvgIpc) is 2.66. The molecule has 0 bridgehead atoms. The molecule has 1 unspecified atom stereocenters. The molecular formula is C23H26N+. The molecular weight excluding hydrogens is 290 g/mol. The van der Waals surface area contributed by atoms with Crippen molar-refractivity contribution in [3.05, 3.63) is 77.5 Å². The third kappa shape index (κ3) is 3.12. The summed E-state index contributed by atoms with van der Waals surface area (Å²) in [6.45, 7) is -1.89. The fourth-order valence-corrected chi connectivity index (χ4v) is 2.95. The Balaban J connectivity index is 2.15. The average molecular weight is 324 g/mol. The summed E-state index contributed by atoms with van der Waals surface area (Å²) in [5.41, 5.74) is 4.64. The third-order valence-corrected chi connectivity index (χ3v) is 4.31. The van der Waals surface area contributed by atoms with E-state index >= 15 is 0 Å². The minimum absolute atomic E-state index is 0.00404. The van der Waals surface area contributed by atoms with Crippen molar-refractivity contribution >= 4 is 0 Å². The van der Waals surface area contributed by atoms with Crippen molar-refractivity contribution in [1.82, 2.24) is 0 Å². The lowest BCUT2D eigenvalue weighted by atomic mass is 9.93. The van der Waals surface area contributed by atoms with Gasteiger partial charge in [0.15, 0.2) is 6.20 Å². The molecule has 1 heterocycles. The molecule has 0 spiro atoms. The molecule has 0 radical (unpaired) electrons. The van der Waals surface area contributed by atoms with Gasteiger partial charge in [-0.05, 0) is 54.1 Å². The van der Waals surface area contributed by atoms with Crippen LogP contribution in [0.25, 0.3) is 22.4 Å². The largest absolute Gasteiger partial charge is 0.212 e. The molecule has 1 aromatic heterocycles. The van der Waals surface area contributed by atoms with Gasteiger partial charge in [0.05, 0.1) is 0 Å². The molecule has 0 fully saturated rings. The zero-order valence-corrected chi connectivity index (χ0v) is 14.2. The molecule has 0 aliphatic rings. The second-order valence-electron chi connectivity index (χ2n) is 6.11. The van der Waals surface area contributed by atoms with Gasteiger partial charge in [-0.25, -0.2) is 4.57 Å². The van der Waals surface area contributed by atoms with E-state index in [9.17, 15) is 0 Å². The highest BCUT2D eigenvalue weighted by molar-refractivity contribution is 5.67. The van der Waals surface area contributed by atoms with Crippen LogP contribution in [0, 0.1) is 13.8 Å². The Morgan fingerprint density at radius 1 is 1.00 bits per heavy atom. The lowest BCUT2D eigenvalue weighted by Crippen LogP contribution is -2.30. The van der Waals surface area contributed by atoms with Gasteiger partial charge in [0.2, 0.25) is 5.69 Å². The molecule has 0 aliphatic carbocycles. The second kappa shape index (κ2) is 6.60. The molecule has 122 valence electrons. The highest BCUT2D eigenvalue weighted by atomic mass is 14.9. The summed E-state index contributed by atoms with van der Waals surface area (Å²) >= 11 is 0. The van der Waals surface area contributed by atoms with Crippen LogP contribution in [0.15, 0.2) is 60.8 Å². The van der Waals surface area contributed by atoms with E-state index in [0.717, 1.165) is 22.4 Å². The summed E-state index contributed by atoms with van der Waals surface area (Å²) < 4.78 is 57.3. The van der Waals surface area contributed by atoms with Crippen molar-refractivity contribution in [3.8, 4) is 22.4 Å². The second-order valence-corrected chi connectivity index (χ2v) is 6.11. The van der Waals surface area contributed by atoms with Gasteiger partial charge in [-0.2, -0.15) is 0 Å². The monoisotopic (exact) mass is 323 g/mol. The number of aryl methyl sites for hydroxylation is 3. The molecule has 3 aromatic rings. The van der Waals surface area contributed by atoms with Gasteiger partial charge in [0.1, 0.15) is 7.05 Å². The molecule has 0 saturated carbocycles. The van der Waals surface area contributed by atoms with E-state index in [-0.39, 0.29) is 11.1 Å². The van der Waals surface area contributed by atoms with Crippen molar-refractivity contribution in [2.75, 3.05) is 0 Å². The van der Waals surface area contributed by atoms with Crippen LogP contribution in [0.3, 0.4) is 0 Å². The van der Waals surface area contributed by atoms with Crippen LogP contribution in [-0.4, -0.2) is 0 Å². The fraction of sp³-hybridized carbons (Fsp3) is 0.261. The Bertz CT molecular complexity index is 1110. The van der Waals surface area contributed by atoms with E-state index in [2.05, 4.69) is 6.07 Å². The normalized spacial score (nSPS) is 18.9. The number of hydrogen-bond donors (Lipinski definition) is 0. The first-order valence-electron chi connectivity index (χ1n) is 11.4. The predicted molar refractivity (Wildman–Crippen MR) is 102 cm³/mol. The molecule has 0 N–H and O–H groups in total. The summed E-state index contributed by atoms with van der Waals surface area (Å²) in [7, 11) is 1.93. The fourth-order valence-electron chi connectivity index (χ4n) is 2.95. The van der Waals surface area contributed by atoms with Gasteiger partial charge in [-0.15, -0.1) is 0 Å². The van der Waals surface area contributed by atoms with Crippen molar-refractivity contribution in [1.29, 1.82) is 0 Å². The zero-order valence-electron chi connectivity index (χ0n) is 21.2. The summed E-state index contributed by atoms with van der Waals surface area (Å²) in [6, 6.07) is 16.6. The smallest absolute Gasteiger partial charge is 0.200 e. The van der Waals surface area contributed by atoms with Crippen LogP contribution < -0.4 is 4.57 Å². The third-order valence-electron chi connectivity index (χ3n) is 4.31. The summed E-state index contributed by atoms with van der Waals surface area (Å²) in [6.07, 6.45) is 1.92. The first kappa shape index (κ1) is 9.78. The molecule has 2 aromatic carbocycles. The van der Waals surface area contributed by atoms with Crippen molar-refractivity contribution < 1.29 is 14.2 Å². The van der Waals surface area contributed by atoms with E-state index in [1.807, 2.05) is 55.1 Å². The van der Waals surface area contributed by atoms with Crippen LogP contribution in [0.1, 0.15) is 46.0 Å². The number of benzene rings is 2. The predicted octanol–water partition coefficient (Wildman–Crippen LogP) is 5.59. The molecule has 3 rings (SSSR count). The molecule has 24 heavy (non-hydrogen) atoms. The van der Waals surface area contributed by atoms with Crippen molar-refractivity contribution in [3.63, 3.8) is 0 Å². The van der Waals surface area contributed by atoms with Crippen molar-refractivity contribution in [2.45, 2.75) is 33.4 Å². The van der Waals surface area contributed by atoms with E-state index in [4.69, 9.17) is 9.60 Å². The maximum atomic E-state index is 8.49. The van der Waals surface area contributed by atoms with Crippen LogP contribution in [0.5, 0.6) is 0 Å². The maximum Gasteiger partial charge on any atom is 0.212 e. The van der Waals surface area contributed by atoms with Gasteiger partial charge in [0, 0.05) is 26.8 Å². The minimum Gasteiger partial charge on any atom is -0.200 e. The zero-order chi connectivity index (χ0) is 23.2. The number of aromatic nitrogens is 1. The van der Waals surface area contributed by atoms with Gasteiger partial charge in [-0.3, -0.25) is 0 Å². The number of rotatable bonds is 3. The van der Waals surface area contributed by atoms with E-state index < -0.39 is 19.6 Å². The lowest BCUT2D eigenvalue weighted by molar-refractivity contribution is -0.659. The highest BCUT2D eigenvalue weighted by Gasteiger charge is 2.14.